The fourth-order valence-corrected chi connectivity index (χ4v) is 3.47. The van der Waals surface area contributed by atoms with Crippen molar-refractivity contribution in [3.05, 3.63) is 0 Å². The van der Waals surface area contributed by atoms with E-state index in [9.17, 15) is 8.42 Å². The molecule has 0 aromatic heterocycles. The summed E-state index contributed by atoms with van der Waals surface area (Å²) in [4.78, 5) is 2.35. The van der Waals surface area contributed by atoms with Crippen molar-refractivity contribution in [1.82, 2.24) is 10.2 Å². The highest BCUT2D eigenvalue weighted by atomic mass is 32.2. The minimum Gasteiger partial charge on any atom is -0.320 e. The van der Waals surface area contributed by atoms with Gasteiger partial charge in [-0.25, -0.2) is 8.42 Å². The third kappa shape index (κ3) is 4.39. The first kappa shape index (κ1) is 13.9. The van der Waals surface area contributed by atoms with E-state index in [0.29, 0.717) is 17.5 Å². The van der Waals surface area contributed by atoms with Crippen molar-refractivity contribution in [3.8, 4) is 0 Å². The molecule has 1 aliphatic heterocycles. The van der Waals surface area contributed by atoms with Crippen molar-refractivity contribution < 1.29 is 8.42 Å². The molecule has 96 valence electrons. The Bertz CT molecular complexity index is 276. The highest BCUT2D eigenvalue weighted by molar-refractivity contribution is 7.91. The Morgan fingerprint density at radius 3 is 2.38 bits per heavy atom. The van der Waals surface area contributed by atoms with Crippen molar-refractivity contribution in [2.24, 2.45) is 0 Å². The van der Waals surface area contributed by atoms with Crippen LogP contribution in [-0.4, -0.2) is 57.5 Å². The molecule has 4 nitrogen and oxygen atoms in total. The fraction of sp³-hybridized carbons (Fsp3) is 1.00. The molecule has 5 heteroatoms. The van der Waals surface area contributed by atoms with Crippen molar-refractivity contribution in [2.75, 3.05) is 38.2 Å². The standard InChI is InChI=1S/C11H24N2O2S/c1-3-4-11(5-6-12-2)13-7-9-16(14,15)10-8-13/h11-12H,3-10H2,1-2H3. The van der Waals surface area contributed by atoms with Crippen LogP contribution < -0.4 is 5.32 Å². The third-order valence-corrected chi connectivity index (χ3v) is 4.85. The van der Waals surface area contributed by atoms with E-state index in [0.717, 1.165) is 32.5 Å². The quantitative estimate of drug-likeness (QED) is 0.743. The molecule has 0 aliphatic carbocycles. The van der Waals surface area contributed by atoms with Crippen LogP contribution in [0.2, 0.25) is 0 Å². The average molecular weight is 248 g/mol. The van der Waals surface area contributed by atoms with E-state index < -0.39 is 9.84 Å². The maximum Gasteiger partial charge on any atom is 0.152 e. The molecule has 0 radical (unpaired) electrons. The zero-order valence-corrected chi connectivity index (χ0v) is 11.2. The molecule has 1 saturated heterocycles. The summed E-state index contributed by atoms with van der Waals surface area (Å²) in [6.07, 6.45) is 3.45. The van der Waals surface area contributed by atoms with Crippen LogP contribution in [0.3, 0.4) is 0 Å². The van der Waals surface area contributed by atoms with Gasteiger partial charge < -0.3 is 5.32 Å². The molecule has 0 bridgehead atoms. The lowest BCUT2D eigenvalue weighted by Crippen LogP contribution is -2.46. The highest BCUT2D eigenvalue weighted by Crippen LogP contribution is 2.14. The van der Waals surface area contributed by atoms with Crippen LogP contribution >= 0.6 is 0 Å². The summed E-state index contributed by atoms with van der Waals surface area (Å²) in [5.74, 6) is 0.680. The Morgan fingerprint density at radius 1 is 1.25 bits per heavy atom. The minimum absolute atomic E-state index is 0.340. The lowest BCUT2D eigenvalue weighted by Gasteiger charge is -2.34. The molecule has 16 heavy (non-hydrogen) atoms. The van der Waals surface area contributed by atoms with Crippen LogP contribution in [0.15, 0.2) is 0 Å². The number of nitrogens with one attached hydrogen (secondary N) is 1. The van der Waals surface area contributed by atoms with Gasteiger partial charge >= 0.3 is 0 Å². The van der Waals surface area contributed by atoms with Crippen LogP contribution in [0.1, 0.15) is 26.2 Å². The number of hydrogen-bond donors (Lipinski definition) is 1. The minimum atomic E-state index is -2.74. The maximum atomic E-state index is 11.4. The summed E-state index contributed by atoms with van der Waals surface area (Å²) in [6, 6.07) is 0.549. The van der Waals surface area contributed by atoms with Gasteiger partial charge in [0, 0.05) is 19.1 Å². The highest BCUT2D eigenvalue weighted by Gasteiger charge is 2.26. The molecular weight excluding hydrogens is 224 g/mol. The van der Waals surface area contributed by atoms with E-state index in [2.05, 4.69) is 17.1 Å². The van der Waals surface area contributed by atoms with Gasteiger partial charge in [-0.1, -0.05) is 13.3 Å². The number of sulfone groups is 1. The maximum absolute atomic E-state index is 11.4. The molecule has 0 amide bonds. The van der Waals surface area contributed by atoms with Gasteiger partial charge in [-0.2, -0.15) is 0 Å². The Hall–Kier alpha value is -0.130. The van der Waals surface area contributed by atoms with Crippen molar-refractivity contribution in [3.63, 3.8) is 0 Å². The zero-order valence-electron chi connectivity index (χ0n) is 10.4. The summed E-state index contributed by atoms with van der Waals surface area (Å²) in [5.41, 5.74) is 0. The monoisotopic (exact) mass is 248 g/mol. The van der Waals surface area contributed by atoms with Crippen LogP contribution in [0, 0.1) is 0 Å². The molecule has 0 aromatic rings. The van der Waals surface area contributed by atoms with Crippen LogP contribution in [0.25, 0.3) is 0 Å². The smallest absolute Gasteiger partial charge is 0.152 e. The van der Waals surface area contributed by atoms with Gasteiger partial charge in [0.25, 0.3) is 0 Å². The van der Waals surface area contributed by atoms with Gasteiger partial charge in [-0.05, 0) is 26.4 Å². The summed E-state index contributed by atoms with van der Waals surface area (Å²) in [6.45, 7) is 4.63. The normalized spacial score (nSPS) is 23.1. The van der Waals surface area contributed by atoms with Crippen LogP contribution in [0.5, 0.6) is 0 Å². The Balaban J connectivity index is 2.46. The predicted octanol–water partition coefficient (Wildman–Crippen LogP) is 0.495. The summed E-state index contributed by atoms with van der Waals surface area (Å²) in [7, 11) is -0.780. The topological polar surface area (TPSA) is 49.4 Å². The number of rotatable bonds is 6. The Kier molecular flexibility index (Phi) is 5.72. The number of nitrogens with zero attached hydrogens (tertiary/aromatic N) is 1. The molecule has 1 unspecified atom stereocenters. The molecule has 1 rings (SSSR count). The molecule has 1 heterocycles. The molecule has 1 N–H and O–H groups in total. The van der Waals surface area contributed by atoms with E-state index in [1.54, 1.807) is 0 Å². The Labute approximate surface area is 99.3 Å². The molecule has 1 aliphatic rings. The third-order valence-electron chi connectivity index (χ3n) is 3.24. The summed E-state index contributed by atoms with van der Waals surface area (Å²) < 4.78 is 22.7. The molecular formula is C11H24N2O2S. The van der Waals surface area contributed by atoms with Crippen LogP contribution in [-0.2, 0) is 9.84 Å². The van der Waals surface area contributed by atoms with E-state index in [1.165, 1.54) is 6.42 Å². The second kappa shape index (κ2) is 6.57. The van der Waals surface area contributed by atoms with E-state index >= 15 is 0 Å². The van der Waals surface area contributed by atoms with E-state index in [-0.39, 0.29) is 0 Å². The van der Waals surface area contributed by atoms with E-state index in [1.807, 2.05) is 7.05 Å². The largest absolute Gasteiger partial charge is 0.320 e. The predicted molar refractivity (Wildman–Crippen MR) is 67.5 cm³/mol. The molecule has 1 fully saturated rings. The first-order valence-electron chi connectivity index (χ1n) is 6.18. The second-order valence-corrected chi connectivity index (χ2v) is 6.83. The molecule has 0 saturated carbocycles. The fourth-order valence-electron chi connectivity index (χ4n) is 2.25. The van der Waals surface area contributed by atoms with Crippen LogP contribution in [0.4, 0.5) is 0 Å². The SMILES string of the molecule is CCCC(CCNC)N1CCS(=O)(=O)CC1. The van der Waals surface area contributed by atoms with Gasteiger partial charge in [0.2, 0.25) is 0 Å². The molecule has 0 aromatic carbocycles. The first-order chi connectivity index (χ1) is 7.59. The van der Waals surface area contributed by atoms with E-state index in [4.69, 9.17) is 0 Å². The second-order valence-electron chi connectivity index (χ2n) is 4.52. The lowest BCUT2D eigenvalue weighted by atomic mass is 10.1. The average Bonchev–Trinajstić information content (AvgIpc) is 2.25. The molecule has 1 atom stereocenters. The van der Waals surface area contributed by atoms with Crippen molar-refractivity contribution in [1.29, 1.82) is 0 Å². The summed E-state index contributed by atoms with van der Waals surface area (Å²) >= 11 is 0. The van der Waals surface area contributed by atoms with Gasteiger partial charge in [0.1, 0.15) is 0 Å². The van der Waals surface area contributed by atoms with Gasteiger partial charge in [0.15, 0.2) is 9.84 Å². The lowest BCUT2D eigenvalue weighted by molar-refractivity contribution is 0.190. The summed E-state index contributed by atoms with van der Waals surface area (Å²) in [5, 5.41) is 3.17. The first-order valence-corrected chi connectivity index (χ1v) is 8.00. The van der Waals surface area contributed by atoms with Crippen molar-refractivity contribution in [2.45, 2.75) is 32.2 Å². The zero-order chi connectivity index (χ0) is 12.0. The Morgan fingerprint density at radius 2 is 1.88 bits per heavy atom. The van der Waals surface area contributed by atoms with Gasteiger partial charge in [0.05, 0.1) is 11.5 Å². The van der Waals surface area contributed by atoms with Gasteiger partial charge in [-0.15, -0.1) is 0 Å². The molecule has 0 spiro atoms. The van der Waals surface area contributed by atoms with Crippen molar-refractivity contribution >= 4 is 9.84 Å². The van der Waals surface area contributed by atoms with Gasteiger partial charge in [-0.3, -0.25) is 4.90 Å². The number of hydrogen-bond acceptors (Lipinski definition) is 4.